The first-order chi connectivity index (χ1) is 9.72. The quantitative estimate of drug-likeness (QED) is 0.881. The molecule has 20 heavy (non-hydrogen) atoms. The minimum atomic E-state index is 0.695. The minimum absolute atomic E-state index is 0.695. The van der Waals surface area contributed by atoms with Crippen LogP contribution in [0.25, 0.3) is 0 Å². The van der Waals surface area contributed by atoms with Gasteiger partial charge in [0.05, 0.1) is 14.2 Å². The van der Waals surface area contributed by atoms with Crippen molar-refractivity contribution in [1.29, 1.82) is 0 Å². The highest BCUT2D eigenvalue weighted by Crippen LogP contribution is 2.22. The van der Waals surface area contributed by atoms with Crippen molar-refractivity contribution in [3.8, 4) is 11.5 Å². The predicted octanol–water partition coefficient (Wildman–Crippen LogP) is 3.65. The molecule has 1 N–H and O–H groups in total. The van der Waals surface area contributed by atoms with Gasteiger partial charge in [0.25, 0.3) is 0 Å². The van der Waals surface area contributed by atoms with Gasteiger partial charge in [-0.1, -0.05) is 23.7 Å². The minimum Gasteiger partial charge on any atom is -0.497 e. The van der Waals surface area contributed by atoms with E-state index in [0.717, 1.165) is 23.6 Å². The lowest BCUT2D eigenvalue weighted by atomic mass is 10.2. The summed E-state index contributed by atoms with van der Waals surface area (Å²) in [5.41, 5.74) is 2.22. The van der Waals surface area contributed by atoms with Crippen LogP contribution in [-0.4, -0.2) is 14.2 Å². The third kappa shape index (κ3) is 3.89. The van der Waals surface area contributed by atoms with E-state index in [1.165, 1.54) is 5.56 Å². The van der Waals surface area contributed by atoms with Crippen molar-refractivity contribution in [2.45, 2.75) is 13.1 Å². The highest BCUT2D eigenvalue weighted by molar-refractivity contribution is 6.30. The standard InChI is InChI=1S/C16H18ClNO2/c1-19-15-5-3-4-12(8-15)10-18-11-13-9-14(17)6-7-16(13)20-2/h3-9,18H,10-11H2,1-2H3. The molecule has 0 aromatic heterocycles. The number of hydrogen-bond donors (Lipinski definition) is 1. The molecule has 2 aromatic rings. The zero-order chi connectivity index (χ0) is 14.4. The van der Waals surface area contributed by atoms with Gasteiger partial charge in [-0.3, -0.25) is 0 Å². The normalized spacial score (nSPS) is 10.3. The number of hydrogen-bond acceptors (Lipinski definition) is 3. The van der Waals surface area contributed by atoms with Crippen LogP contribution in [0.15, 0.2) is 42.5 Å². The van der Waals surface area contributed by atoms with E-state index in [1.54, 1.807) is 14.2 Å². The fraction of sp³-hybridized carbons (Fsp3) is 0.250. The van der Waals surface area contributed by atoms with E-state index in [9.17, 15) is 0 Å². The lowest BCUT2D eigenvalue weighted by Crippen LogP contribution is -2.13. The van der Waals surface area contributed by atoms with Crippen molar-refractivity contribution in [3.63, 3.8) is 0 Å². The Bertz CT molecular complexity index is 572. The SMILES string of the molecule is COc1cccc(CNCc2cc(Cl)ccc2OC)c1. The van der Waals surface area contributed by atoms with Crippen LogP contribution in [0.1, 0.15) is 11.1 Å². The Morgan fingerprint density at radius 3 is 2.60 bits per heavy atom. The Labute approximate surface area is 124 Å². The molecule has 0 aliphatic heterocycles. The summed E-state index contributed by atoms with van der Waals surface area (Å²) < 4.78 is 10.5. The zero-order valence-corrected chi connectivity index (χ0v) is 12.4. The number of benzene rings is 2. The van der Waals surface area contributed by atoms with Gasteiger partial charge in [-0.25, -0.2) is 0 Å². The summed E-state index contributed by atoms with van der Waals surface area (Å²) in [4.78, 5) is 0. The van der Waals surface area contributed by atoms with Gasteiger partial charge in [-0.2, -0.15) is 0 Å². The first-order valence-electron chi connectivity index (χ1n) is 6.39. The van der Waals surface area contributed by atoms with Crippen molar-refractivity contribution in [2.24, 2.45) is 0 Å². The van der Waals surface area contributed by atoms with Crippen LogP contribution in [0, 0.1) is 0 Å². The number of nitrogens with one attached hydrogen (secondary N) is 1. The molecule has 2 aromatic carbocycles. The molecule has 0 aliphatic carbocycles. The number of rotatable bonds is 6. The summed E-state index contributed by atoms with van der Waals surface area (Å²) in [5.74, 6) is 1.71. The van der Waals surface area contributed by atoms with Gasteiger partial charge in [0.15, 0.2) is 0 Å². The number of methoxy groups -OCH3 is 2. The average Bonchev–Trinajstić information content (AvgIpc) is 2.48. The lowest BCUT2D eigenvalue weighted by Gasteiger charge is -2.10. The first kappa shape index (κ1) is 14.7. The molecule has 106 valence electrons. The Hall–Kier alpha value is -1.71. The number of ether oxygens (including phenoxy) is 2. The number of halogens is 1. The second-order valence-corrected chi connectivity index (χ2v) is 4.85. The van der Waals surface area contributed by atoms with Gasteiger partial charge < -0.3 is 14.8 Å². The summed E-state index contributed by atoms with van der Waals surface area (Å²) in [5, 5.41) is 4.09. The maximum absolute atomic E-state index is 6.01. The van der Waals surface area contributed by atoms with Crippen LogP contribution in [-0.2, 0) is 13.1 Å². The molecule has 3 nitrogen and oxygen atoms in total. The van der Waals surface area contributed by atoms with Crippen molar-refractivity contribution >= 4 is 11.6 Å². The predicted molar refractivity (Wildman–Crippen MR) is 81.5 cm³/mol. The smallest absolute Gasteiger partial charge is 0.123 e. The van der Waals surface area contributed by atoms with Gasteiger partial charge in [-0.05, 0) is 35.9 Å². The van der Waals surface area contributed by atoms with Crippen LogP contribution in [0.3, 0.4) is 0 Å². The fourth-order valence-electron chi connectivity index (χ4n) is 2.01. The molecule has 0 heterocycles. The Kier molecular flexibility index (Phi) is 5.27. The Morgan fingerprint density at radius 2 is 1.85 bits per heavy atom. The van der Waals surface area contributed by atoms with E-state index in [4.69, 9.17) is 21.1 Å². The molecule has 0 saturated heterocycles. The van der Waals surface area contributed by atoms with Crippen LogP contribution >= 0.6 is 11.6 Å². The summed E-state index contributed by atoms with van der Waals surface area (Å²) in [6, 6.07) is 13.6. The molecule has 0 aliphatic rings. The molecule has 0 radical (unpaired) electrons. The molecule has 4 heteroatoms. The van der Waals surface area contributed by atoms with Crippen LogP contribution in [0.4, 0.5) is 0 Å². The topological polar surface area (TPSA) is 30.5 Å². The van der Waals surface area contributed by atoms with E-state index in [1.807, 2.05) is 36.4 Å². The summed E-state index contributed by atoms with van der Waals surface area (Å²) in [6.07, 6.45) is 0. The van der Waals surface area contributed by atoms with E-state index in [0.29, 0.717) is 11.6 Å². The second kappa shape index (κ2) is 7.17. The van der Waals surface area contributed by atoms with Gasteiger partial charge in [0.2, 0.25) is 0 Å². The van der Waals surface area contributed by atoms with E-state index in [2.05, 4.69) is 11.4 Å². The van der Waals surface area contributed by atoms with Crippen LogP contribution < -0.4 is 14.8 Å². The van der Waals surface area contributed by atoms with Gasteiger partial charge in [-0.15, -0.1) is 0 Å². The lowest BCUT2D eigenvalue weighted by molar-refractivity contribution is 0.407. The molecule has 0 unspecified atom stereocenters. The zero-order valence-electron chi connectivity index (χ0n) is 11.7. The monoisotopic (exact) mass is 291 g/mol. The first-order valence-corrected chi connectivity index (χ1v) is 6.77. The molecular weight excluding hydrogens is 274 g/mol. The molecule has 0 saturated carbocycles. The van der Waals surface area contributed by atoms with Gasteiger partial charge in [0.1, 0.15) is 11.5 Å². The van der Waals surface area contributed by atoms with E-state index < -0.39 is 0 Å². The molecule has 0 amide bonds. The van der Waals surface area contributed by atoms with Crippen molar-refractivity contribution in [1.82, 2.24) is 5.32 Å². The van der Waals surface area contributed by atoms with Gasteiger partial charge in [0, 0.05) is 23.7 Å². The molecule has 0 atom stereocenters. The molecular formula is C16H18ClNO2. The molecule has 0 fully saturated rings. The molecule has 0 bridgehead atoms. The van der Waals surface area contributed by atoms with Crippen LogP contribution in [0.5, 0.6) is 11.5 Å². The van der Waals surface area contributed by atoms with Crippen LogP contribution in [0.2, 0.25) is 5.02 Å². The van der Waals surface area contributed by atoms with E-state index >= 15 is 0 Å². The largest absolute Gasteiger partial charge is 0.497 e. The Morgan fingerprint density at radius 1 is 1.00 bits per heavy atom. The molecule has 2 rings (SSSR count). The summed E-state index contributed by atoms with van der Waals surface area (Å²) in [7, 11) is 3.33. The summed E-state index contributed by atoms with van der Waals surface area (Å²) >= 11 is 6.01. The molecule has 0 spiro atoms. The van der Waals surface area contributed by atoms with Crippen molar-refractivity contribution < 1.29 is 9.47 Å². The fourth-order valence-corrected chi connectivity index (χ4v) is 2.20. The van der Waals surface area contributed by atoms with Gasteiger partial charge >= 0.3 is 0 Å². The Balaban J connectivity index is 1.97. The van der Waals surface area contributed by atoms with Crippen molar-refractivity contribution in [3.05, 3.63) is 58.6 Å². The average molecular weight is 292 g/mol. The highest BCUT2D eigenvalue weighted by atomic mass is 35.5. The third-order valence-electron chi connectivity index (χ3n) is 3.02. The highest BCUT2D eigenvalue weighted by Gasteiger charge is 2.04. The van der Waals surface area contributed by atoms with Crippen molar-refractivity contribution in [2.75, 3.05) is 14.2 Å². The van der Waals surface area contributed by atoms with E-state index in [-0.39, 0.29) is 0 Å². The summed E-state index contributed by atoms with van der Waals surface area (Å²) in [6.45, 7) is 1.45. The maximum atomic E-state index is 6.01. The maximum Gasteiger partial charge on any atom is 0.123 e. The second-order valence-electron chi connectivity index (χ2n) is 4.41. The third-order valence-corrected chi connectivity index (χ3v) is 3.26.